The first-order valence-electron chi connectivity index (χ1n) is 9.65. The van der Waals surface area contributed by atoms with Crippen LogP contribution in [-0.4, -0.2) is 41.9 Å². The lowest BCUT2D eigenvalue weighted by atomic mass is 10.1. The minimum atomic E-state index is -4.69. The summed E-state index contributed by atoms with van der Waals surface area (Å²) in [5.74, 6) is -4.19. The van der Waals surface area contributed by atoms with E-state index in [1.165, 1.54) is 30.3 Å². The van der Waals surface area contributed by atoms with E-state index in [1.54, 1.807) is 0 Å². The summed E-state index contributed by atoms with van der Waals surface area (Å²) in [5.41, 5.74) is 0.851. The highest BCUT2D eigenvalue weighted by atomic mass is 35.5. The number of hydrogen-bond donors (Lipinski definition) is 2. The number of rotatable bonds is 6. The Kier molecular flexibility index (Phi) is 7.68. The second-order valence-electron chi connectivity index (χ2n) is 7.17. The van der Waals surface area contributed by atoms with Crippen molar-refractivity contribution in [2.24, 2.45) is 5.92 Å². The van der Waals surface area contributed by atoms with Crippen LogP contribution in [0.3, 0.4) is 0 Å². The van der Waals surface area contributed by atoms with Gasteiger partial charge in [-0.3, -0.25) is 29.6 Å². The highest BCUT2D eigenvalue weighted by Crippen LogP contribution is 2.34. The summed E-state index contributed by atoms with van der Waals surface area (Å²) in [6.07, 6.45) is -4.99. The number of nitrogens with one attached hydrogen (secondary N) is 2. The largest absolute Gasteiger partial charge is 0.455 e. The standard InChI is InChI=1S/C21H16Cl2F3N3O5/c22-12-5-6-13(15(23)8-12)19(32)28-29-9-11(7-18(29)31)20(33)34-10-17(30)27-16-4-2-1-3-14(16)21(24,25)26/h1-6,8,11H,7,9-10H2,(H,27,30)(H,28,32)/t11-/m1/s1. The SMILES string of the molecule is O=C(COC(=O)[C@@H]1CC(=O)N(NC(=O)c2ccc(Cl)cc2Cl)C1)Nc1ccccc1C(F)(F)F. The van der Waals surface area contributed by atoms with Crippen molar-refractivity contribution in [2.75, 3.05) is 18.5 Å². The van der Waals surface area contributed by atoms with Gasteiger partial charge in [0, 0.05) is 11.4 Å². The number of benzene rings is 2. The summed E-state index contributed by atoms with van der Waals surface area (Å²) in [5, 5.41) is 3.33. The molecule has 0 aliphatic carbocycles. The van der Waals surface area contributed by atoms with E-state index in [4.69, 9.17) is 27.9 Å². The quantitative estimate of drug-likeness (QED) is 0.568. The van der Waals surface area contributed by atoms with Crippen molar-refractivity contribution in [3.63, 3.8) is 0 Å². The zero-order valence-electron chi connectivity index (χ0n) is 17.1. The summed E-state index contributed by atoms with van der Waals surface area (Å²) in [7, 11) is 0. The Morgan fingerprint density at radius 1 is 1.12 bits per heavy atom. The van der Waals surface area contributed by atoms with Crippen LogP contribution in [0.15, 0.2) is 42.5 Å². The molecule has 3 amide bonds. The third-order valence-corrected chi connectivity index (χ3v) is 5.27. The number of carbonyl (C=O) groups excluding carboxylic acids is 4. The van der Waals surface area contributed by atoms with Crippen molar-refractivity contribution in [1.82, 2.24) is 10.4 Å². The maximum Gasteiger partial charge on any atom is 0.418 e. The van der Waals surface area contributed by atoms with Crippen molar-refractivity contribution in [3.05, 3.63) is 63.6 Å². The van der Waals surface area contributed by atoms with Crippen LogP contribution in [0.1, 0.15) is 22.3 Å². The molecule has 2 N–H and O–H groups in total. The summed E-state index contributed by atoms with van der Waals surface area (Å²) in [4.78, 5) is 48.8. The summed E-state index contributed by atoms with van der Waals surface area (Å²) >= 11 is 11.7. The number of hydrogen-bond acceptors (Lipinski definition) is 5. The van der Waals surface area contributed by atoms with Crippen molar-refractivity contribution in [3.8, 4) is 0 Å². The molecule has 0 bridgehead atoms. The van der Waals surface area contributed by atoms with Crippen LogP contribution in [0, 0.1) is 5.92 Å². The maximum atomic E-state index is 13.0. The van der Waals surface area contributed by atoms with Gasteiger partial charge in [-0.25, -0.2) is 0 Å². The Labute approximate surface area is 200 Å². The van der Waals surface area contributed by atoms with Gasteiger partial charge in [-0.05, 0) is 30.3 Å². The molecule has 2 aromatic rings. The second-order valence-corrected chi connectivity index (χ2v) is 8.01. The molecule has 0 spiro atoms. The van der Waals surface area contributed by atoms with Crippen molar-refractivity contribution < 1.29 is 37.1 Å². The number of anilines is 1. The Hall–Kier alpha value is -3.31. The molecule has 13 heteroatoms. The van der Waals surface area contributed by atoms with Gasteiger partial charge in [0.25, 0.3) is 11.8 Å². The molecule has 0 unspecified atom stereocenters. The fraction of sp³-hybridized carbons (Fsp3) is 0.238. The van der Waals surface area contributed by atoms with Crippen molar-refractivity contribution >= 4 is 52.6 Å². The number of amides is 3. The van der Waals surface area contributed by atoms with E-state index in [-0.39, 0.29) is 23.6 Å². The number of hydrazine groups is 1. The second kappa shape index (κ2) is 10.3. The van der Waals surface area contributed by atoms with Crippen LogP contribution in [0.2, 0.25) is 10.0 Å². The maximum absolute atomic E-state index is 13.0. The Morgan fingerprint density at radius 3 is 2.50 bits per heavy atom. The molecule has 0 aromatic heterocycles. The third kappa shape index (κ3) is 6.17. The van der Waals surface area contributed by atoms with E-state index in [9.17, 15) is 32.3 Å². The van der Waals surface area contributed by atoms with E-state index >= 15 is 0 Å². The molecule has 2 aromatic carbocycles. The van der Waals surface area contributed by atoms with E-state index in [2.05, 4.69) is 5.43 Å². The molecule has 8 nitrogen and oxygen atoms in total. The highest BCUT2D eigenvalue weighted by Gasteiger charge is 2.37. The predicted octanol–water partition coefficient (Wildman–Crippen LogP) is 3.69. The molecule has 1 aliphatic heterocycles. The first kappa shape index (κ1) is 25.3. The van der Waals surface area contributed by atoms with Crippen molar-refractivity contribution in [1.29, 1.82) is 0 Å². The van der Waals surface area contributed by atoms with Gasteiger partial charge < -0.3 is 10.1 Å². The smallest absolute Gasteiger partial charge is 0.418 e. The minimum absolute atomic E-state index is 0.0562. The molecule has 3 rings (SSSR count). The molecule has 1 atom stereocenters. The normalized spacial score (nSPS) is 15.7. The lowest BCUT2D eigenvalue weighted by Crippen LogP contribution is -2.43. The predicted molar refractivity (Wildman–Crippen MR) is 115 cm³/mol. The van der Waals surface area contributed by atoms with Crippen molar-refractivity contribution in [2.45, 2.75) is 12.6 Å². The Bertz CT molecular complexity index is 1140. The third-order valence-electron chi connectivity index (χ3n) is 4.72. The molecule has 1 saturated heterocycles. The fourth-order valence-electron chi connectivity index (χ4n) is 3.11. The topological polar surface area (TPSA) is 105 Å². The van der Waals surface area contributed by atoms with Gasteiger partial charge in [0.1, 0.15) is 0 Å². The molecule has 0 saturated carbocycles. The number of para-hydroxylation sites is 1. The number of esters is 1. The molecule has 1 aliphatic rings. The highest BCUT2D eigenvalue weighted by molar-refractivity contribution is 6.36. The van der Waals surface area contributed by atoms with E-state index in [0.717, 1.165) is 17.1 Å². The van der Waals surface area contributed by atoms with Gasteiger partial charge in [-0.2, -0.15) is 13.2 Å². The first-order chi connectivity index (χ1) is 16.0. The van der Waals surface area contributed by atoms with Crippen LogP contribution >= 0.6 is 23.2 Å². The number of ether oxygens (including phenoxy) is 1. The van der Waals surface area contributed by atoms with Gasteiger partial charge in [0.15, 0.2) is 6.61 Å². The number of nitrogens with zero attached hydrogens (tertiary/aromatic N) is 1. The van der Waals surface area contributed by atoms with Crippen LogP contribution < -0.4 is 10.7 Å². The van der Waals surface area contributed by atoms with Gasteiger partial charge >= 0.3 is 12.1 Å². The lowest BCUT2D eigenvalue weighted by molar-refractivity contribution is -0.151. The molecular formula is C21H16Cl2F3N3O5. The first-order valence-corrected chi connectivity index (χ1v) is 10.4. The summed E-state index contributed by atoms with van der Waals surface area (Å²) in [6, 6.07) is 8.48. The monoisotopic (exact) mass is 517 g/mol. The zero-order valence-corrected chi connectivity index (χ0v) is 18.6. The van der Waals surface area contributed by atoms with E-state index in [0.29, 0.717) is 5.02 Å². The average Bonchev–Trinajstić information content (AvgIpc) is 3.11. The molecule has 1 heterocycles. The van der Waals surface area contributed by atoms with E-state index in [1.807, 2.05) is 5.32 Å². The van der Waals surface area contributed by atoms with Crippen LogP contribution in [0.4, 0.5) is 18.9 Å². The number of halogens is 5. The summed E-state index contributed by atoms with van der Waals surface area (Å²) in [6.45, 7) is -1.09. The van der Waals surface area contributed by atoms with Gasteiger partial charge in [0.05, 0.1) is 34.3 Å². The van der Waals surface area contributed by atoms with Crippen LogP contribution in [0.5, 0.6) is 0 Å². The summed E-state index contributed by atoms with van der Waals surface area (Å²) < 4.78 is 43.9. The van der Waals surface area contributed by atoms with Gasteiger partial charge in [-0.1, -0.05) is 35.3 Å². The molecule has 0 radical (unpaired) electrons. The number of carbonyl (C=O) groups is 4. The molecular weight excluding hydrogens is 502 g/mol. The van der Waals surface area contributed by atoms with Crippen LogP contribution in [0.25, 0.3) is 0 Å². The van der Waals surface area contributed by atoms with Gasteiger partial charge in [-0.15, -0.1) is 0 Å². The zero-order chi connectivity index (χ0) is 25.0. The molecule has 1 fully saturated rings. The molecule has 34 heavy (non-hydrogen) atoms. The Morgan fingerprint density at radius 2 is 1.82 bits per heavy atom. The van der Waals surface area contributed by atoms with E-state index < -0.39 is 53.6 Å². The Balaban J connectivity index is 1.53. The number of alkyl halides is 3. The lowest BCUT2D eigenvalue weighted by Gasteiger charge is -2.18. The molecule has 180 valence electrons. The fourth-order valence-corrected chi connectivity index (χ4v) is 3.60. The van der Waals surface area contributed by atoms with Crippen LogP contribution in [-0.2, 0) is 25.3 Å². The minimum Gasteiger partial charge on any atom is -0.455 e. The van der Waals surface area contributed by atoms with Gasteiger partial charge in [0.2, 0.25) is 5.91 Å². The average molecular weight is 518 g/mol.